The van der Waals surface area contributed by atoms with Crippen LogP contribution in [0.4, 0.5) is 0 Å². The molecule has 2 rings (SSSR count). The smallest absolute Gasteiger partial charge is 0.260 e. The summed E-state index contributed by atoms with van der Waals surface area (Å²) in [5.41, 5.74) is 1.09. The number of likely N-dealkylation sites (tertiary alicyclic amines) is 1. The van der Waals surface area contributed by atoms with Crippen molar-refractivity contribution >= 4 is 17.5 Å². The van der Waals surface area contributed by atoms with E-state index >= 15 is 0 Å². The van der Waals surface area contributed by atoms with Gasteiger partial charge in [0.05, 0.1) is 5.02 Å². The number of nitrogens with zero attached hydrogens (tertiary/aromatic N) is 1. The second kappa shape index (κ2) is 6.95. The third kappa shape index (κ3) is 3.64. The van der Waals surface area contributed by atoms with Crippen LogP contribution in [-0.2, 0) is 4.79 Å². The quantitative estimate of drug-likeness (QED) is 0.908. The number of carbonyl (C=O) groups excluding carboxylic acids is 1. The van der Waals surface area contributed by atoms with Gasteiger partial charge in [-0.05, 0) is 44.5 Å². The van der Waals surface area contributed by atoms with Gasteiger partial charge >= 0.3 is 0 Å². The molecule has 0 aliphatic carbocycles. The summed E-state index contributed by atoms with van der Waals surface area (Å²) in [6.45, 7) is 3.80. The number of benzene rings is 1. The van der Waals surface area contributed by atoms with Crippen LogP contribution in [0.5, 0.6) is 5.75 Å². The Labute approximate surface area is 125 Å². The van der Waals surface area contributed by atoms with Gasteiger partial charge in [-0.2, -0.15) is 0 Å². The molecule has 1 atom stereocenters. The maximum Gasteiger partial charge on any atom is 0.260 e. The van der Waals surface area contributed by atoms with E-state index in [9.17, 15) is 4.79 Å². The lowest BCUT2D eigenvalue weighted by atomic mass is 10.1. The van der Waals surface area contributed by atoms with Gasteiger partial charge in [-0.1, -0.05) is 17.7 Å². The van der Waals surface area contributed by atoms with Gasteiger partial charge < -0.3 is 15.0 Å². The molecule has 1 saturated heterocycles. The molecule has 1 unspecified atom stereocenters. The highest BCUT2D eigenvalue weighted by molar-refractivity contribution is 6.32. The monoisotopic (exact) mass is 296 g/mol. The van der Waals surface area contributed by atoms with Crippen LogP contribution in [0.15, 0.2) is 18.2 Å². The normalized spacial score (nSPS) is 16.2. The number of halogens is 1. The van der Waals surface area contributed by atoms with E-state index in [0.717, 1.165) is 31.5 Å². The zero-order valence-electron chi connectivity index (χ0n) is 12.0. The second-order valence-electron chi connectivity index (χ2n) is 5.08. The lowest BCUT2D eigenvalue weighted by Gasteiger charge is -2.17. The van der Waals surface area contributed by atoms with Crippen molar-refractivity contribution in [3.63, 3.8) is 0 Å². The van der Waals surface area contributed by atoms with E-state index in [1.165, 1.54) is 0 Å². The number of rotatable bonds is 5. The number of ether oxygens (including phenoxy) is 1. The van der Waals surface area contributed by atoms with Crippen molar-refractivity contribution in [3.05, 3.63) is 28.8 Å². The summed E-state index contributed by atoms with van der Waals surface area (Å²) in [7, 11) is 1.90. The van der Waals surface area contributed by atoms with Crippen LogP contribution in [0.3, 0.4) is 0 Å². The van der Waals surface area contributed by atoms with Crippen molar-refractivity contribution < 1.29 is 9.53 Å². The van der Waals surface area contributed by atoms with Crippen LogP contribution < -0.4 is 10.1 Å². The van der Waals surface area contributed by atoms with E-state index in [2.05, 4.69) is 12.2 Å². The second-order valence-corrected chi connectivity index (χ2v) is 5.48. The maximum absolute atomic E-state index is 11.9. The van der Waals surface area contributed by atoms with Crippen LogP contribution in [0.2, 0.25) is 5.02 Å². The minimum Gasteiger partial charge on any atom is -0.482 e. The Balaban J connectivity index is 1.94. The van der Waals surface area contributed by atoms with Crippen LogP contribution in [-0.4, -0.2) is 37.6 Å². The molecule has 1 heterocycles. The fourth-order valence-corrected chi connectivity index (χ4v) is 2.51. The average molecular weight is 297 g/mol. The molecule has 20 heavy (non-hydrogen) atoms. The van der Waals surface area contributed by atoms with Crippen LogP contribution in [0.25, 0.3) is 0 Å². The molecule has 0 radical (unpaired) electrons. The summed E-state index contributed by atoms with van der Waals surface area (Å²) >= 11 is 6.20. The Morgan fingerprint density at radius 3 is 2.75 bits per heavy atom. The minimum absolute atomic E-state index is 0.0336. The molecule has 4 nitrogen and oxygen atoms in total. The lowest BCUT2D eigenvalue weighted by molar-refractivity contribution is -0.132. The summed E-state index contributed by atoms with van der Waals surface area (Å²) in [5.74, 6) is 0.595. The Morgan fingerprint density at radius 2 is 2.15 bits per heavy atom. The molecule has 1 aromatic carbocycles. The molecular formula is C15H21ClN2O2. The molecule has 1 amide bonds. The average Bonchev–Trinajstić information content (AvgIpc) is 2.99. The minimum atomic E-state index is 0.0336. The first-order valence-corrected chi connectivity index (χ1v) is 7.37. The van der Waals surface area contributed by atoms with E-state index in [4.69, 9.17) is 16.3 Å². The molecule has 0 bridgehead atoms. The summed E-state index contributed by atoms with van der Waals surface area (Å²) in [5, 5.41) is 3.70. The highest BCUT2D eigenvalue weighted by Crippen LogP contribution is 2.28. The Bertz CT molecular complexity index is 473. The van der Waals surface area contributed by atoms with Gasteiger partial charge in [0.15, 0.2) is 6.61 Å². The molecule has 0 spiro atoms. The molecule has 0 saturated carbocycles. The van der Waals surface area contributed by atoms with Gasteiger partial charge in [0.25, 0.3) is 5.91 Å². The largest absolute Gasteiger partial charge is 0.482 e. The van der Waals surface area contributed by atoms with Crippen molar-refractivity contribution in [2.24, 2.45) is 0 Å². The first-order valence-electron chi connectivity index (χ1n) is 6.99. The van der Waals surface area contributed by atoms with Gasteiger partial charge in [-0.15, -0.1) is 0 Å². The van der Waals surface area contributed by atoms with Crippen LogP contribution >= 0.6 is 11.6 Å². The first kappa shape index (κ1) is 15.1. The van der Waals surface area contributed by atoms with E-state index in [-0.39, 0.29) is 18.6 Å². The third-order valence-electron chi connectivity index (χ3n) is 3.70. The summed E-state index contributed by atoms with van der Waals surface area (Å²) in [4.78, 5) is 13.7. The number of hydrogen-bond acceptors (Lipinski definition) is 3. The lowest BCUT2D eigenvalue weighted by Crippen LogP contribution is -2.32. The van der Waals surface area contributed by atoms with Crippen molar-refractivity contribution in [1.82, 2.24) is 10.2 Å². The fourth-order valence-electron chi connectivity index (χ4n) is 2.27. The number of amides is 1. The van der Waals surface area contributed by atoms with E-state index in [1.807, 2.05) is 30.1 Å². The van der Waals surface area contributed by atoms with E-state index in [1.54, 1.807) is 0 Å². The topological polar surface area (TPSA) is 41.6 Å². The number of carbonyl (C=O) groups is 1. The van der Waals surface area contributed by atoms with Crippen molar-refractivity contribution in [3.8, 4) is 5.75 Å². The predicted molar refractivity (Wildman–Crippen MR) is 80.2 cm³/mol. The van der Waals surface area contributed by atoms with Crippen molar-refractivity contribution in [2.75, 3.05) is 26.7 Å². The van der Waals surface area contributed by atoms with Gasteiger partial charge in [-0.3, -0.25) is 4.79 Å². The molecule has 5 heteroatoms. The Morgan fingerprint density at radius 1 is 1.45 bits per heavy atom. The van der Waals surface area contributed by atoms with Gasteiger partial charge in [0.1, 0.15) is 5.75 Å². The molecule has 1 aliphatic rings. The molecule has 0 aromatic heterocycles. The van der Waals surface area contributed by atoms with Gasteiger partial charge in [0.2, 0.25) is 0 Å². The standard InChI is InChI=1S/C15H21ClN2O2/c1-11(17-2)12-5-6-14(13(16)9-12)20-10-15(19)18-7-3-4-8-18/h5-6,9,11,17H,3-4,7-8,10H2,1-2H3. The summed E-state index contributed by atoms with van der Waals surface area (Å²) in [6.07, 6.45) is 2.17. The number of hydrogen-bond donors (Lipinski definition) is 1. The van der Waals surface area contributed by atoms with Crippen LogP contribution in [0.1, 0.15) is 31.4 Å². The SMILES string of the molecule is CNC(C)c1ccc(OCC(=O)N2CCCC2)c(Cl)c1. The highest BCUT2D eigenvalue weighted by Gasteiger charge is 2.18. The Hall–Kier alpha value is -1.26. The molecule has 1 fully saturated rings. The van der Waals surface area contributed by atoms with E-state index in [0.29, 0.717) is 10.8 Å². The van der Waals surface area contributed by atoms with Crippen molar-refractivity contribution in [2.45, 2.75) is 25.8 Å². The fraction of sp³-hybridized carbons (Fsp3) is 0.533. The zero-order valence-corrected chi connectivity index (χ0v) is 12.7. The maximum atomic E-state index is 11.9. The summed E-state index contributed by atoms with van der Waals surface area (Å²) in [6, 6.07) is 5.89. The number of nitrogens with one attached hydrogen (secondary N) is 1. The molecule has 110 valence electrons. The van der Waals surface area contributed by atoms with Gasteiger partial charge in [-0.25, -0.2) is 0 Å². The van der Waals surface area contributed by atoms with Crippen LogP contribution in [0, 0.1) is 0 Å². The summed E-state index contributed by atoms with van der Waals surface area (Å²) < 4.78 is 5.54. The van der Waals surface area contributed by atoms with Gasteiger partial charge in [0, 0.05) is 19.1 Å². The molecule has 1 N–H and O–H groups in total. The molecule has 1 aliphatic heterocycles. The first-order chi connectivity index (χ1) is 9.61. The van der Waals surface area contributed by atoms with Crippen molar-refractivity contribution in [1.29, 1.82) is 0 Å². The molecule has 1 aromatic rings. The molecular weight excluding hydrogens is 276 g/mol. The van der Waals surface area contributed by atoms with E-state index < -0.39 is 0 Å². The predicted octanol–water partition coefficient (Wildman–Crippen LogP) is 2.62. The third-order valence-corrected chi connectivity index (χ3v) is 3.99. The Kier molecular flexibility index (Phi) is 5.26. The highest BCUT2D eigenvalue weighted by atomic mass is 35.5. The zero-order chi connectivity index (χ0) is 14.5.